The first kappa shape index (κ1) is 12.9. The van der Waals surface area contributed by atoms with Gasteiger partial charge in [-0.3, -0.25) is 0 Å². The average molecular weight is 263 g/mol. The minimum atomic E-state index is -0.573. The first-order chi connectivity index (χ1) is 9.08. The second-order valence-electron chi connectivity index (χ2n) is 5.78. The Morgan fingerprint density at radius 2 is 2.05 bits per heavy atom. The number of phenols is 1. The summed E-state index contributed by atoms with van der Waals surface area (Å²) in [6.45, 7) is 1.94. The van der Waals surface area contributed by atoms with Crippen LogP contribution in [-0.2, 0) is 14.9 Å². The Kier molecular flexibility index (Phi) is 2.85. The molecule has 3 rings (SSSR count). The standard InChI is InChI=1S/C15H21NO3/c1-16-9-12-8-15(18-2,19-3)14(12,10-16)11-5-4-6-13(17)7-11/h4-7,12,17H,8-10H2,1-3H3/t12-,14+/m1/s1. The van der Waals surface area contributed by atoms with Gasteiger partial charge in [0.25, 0.3) is 0 Å². The molecule has 1 aliphatic carbocycles. The summed E-state index contributed by atoms with van der Waals surface area (Å²) >= 11 is 0. The van der Waals surface area contributed by atoms with E-state index in [-0.39, 0.29) is 5.41 Å². The van der Waals surface area contributed by atoms with E-state index in [0.29, 0.717) is 11.7 Å². The summed E-state index contributed by atoms with van der Waals surface area (Å²) in [5, 5.41) is 9.78. The van der Waals surface area contributed by atoms with E-state index in [1.54, 1.807) is 20.3 Å². The zero-order valence-electron chi connectivity index (χ0n) is 11.7. The van der Waals surface area contributed by atoms with Crippen LogP contribution in [0.1, 0.15) is 12.0 Å². The van der Waals surface area contributed by atoms with Crippen LogP contribution in [0.25, 0.3) is 0 Å². The smallest absolute Gasteiger partial charge is 0.179 e. The van der Waals surface area contributed by atoms with Crippen LogP contribution in [0, 0.1) is 5.92 Å². The number of likely N-dealkylation sites (N-methyl/N-ethyl adjacent to an activating group) is 1. The number of nitrogens with zero attached hydrogens (tertiary/aromatic N) is 1. The molecule has 1 heterocycles. The van der Waals surface area contributed by atoms with Crippen molar-refractivity contribution in [3.05, 3.63) is 29.8 Å². The highest BCUT2D eigenvalue weighted by Crippen LogP contribution is 2.61. The van der Waals surface area contributed by atoms with Gasteiger partial charge in [0, 0.05) is 33.7 Å². The second kappa shape index (κ2) is 4.20. The number of ether oxygens (including phenoxy) is 2. The van der Waals surface area contributed by atoms with Gasteiger partial charge in [-0.2, -0.15) is 0 Å². The molecule has 2 aliphatic rings. The van der Waals surface area contributed by atoms with Crippen LogP contribution >= 0.6 is 0 Å². The lowest BCUT2D eigenvalue weighted by atomic mass is 9.53. The predicted octanol–water partition coefficient (Wildman–Crippen LogP) is 1.58. The van der Waals surface area contributed by atoms with Crippen molar-refractivity contribution in [2.24, 2.45) is 5.92 Å². The fourth-order valence-corrected chi connectivity index (χ4v) is 4.14. The molecule has 2 atom stereocenters. The highest BCUT2D eigenvalue weighted by atomic mass is 16.7. The molecule has 19 heavy (non-hydrogen) atoms. The van der Waals surface area contributed by atoms with E-state index in [0.717, 1.165) is 25.1 Å². The van der Waals surface area contributed by atoms with Gasteiger partial charge in [0.2, 0.25) is 0 Å². The number of benzene rings is 1. The quantitative estimate of drug-likeness (QED) is 0.841. The Morgan fingerprint density at radius 1 is 1.32 bits per heavy atom. The molecule has 0 aromatic heterocycles. The summed E-state index contributed by atoms with van der Waals surface area (Å²) in [6.07, 6.45) is 0.903. The first-order valence-electron chi connectivity index (χ1n) is 6.66. The SMILES string of the molecule is COC1(OC)C[C@@H]2CN(C)C[C@]21c1cccc(O)c1. The zero-order chi connectivity index (χ0) is 13.7. The first-order valence-corrected chi connectivity index (χ1v) is 6.66. The van der Waals surface area contributed by atoms with Gasteiger partial charge in [0.05, 0.1) is 5.41 Å². The van der Waals surface area contributed by atoms with Gasteiger partial charge in [-0.15, -0.1) is 0 Å². The predicted molar refractivity (Wildman–Crippen MR) is 72.1 cm³/mol. The number of phenolic OH excluding ortho intramolecular Hbond substituents is 1. The van der Waals surface area contributed by atoms with Crippen molar-refractivity contribution in [3.63, 3.8) is 0 Å². The molecule has 1 N–H and O–H groups in total. The van der Waals surface area contributed by atoms with Crippen molar-refractivity contribution in [2.75, 3.05) is 34.4 Å². The molecular weight excluding hydrogens is 242 g/mol. The van der Waals surface area contributed by atoms with Gasteiger partial charge < -0.3 is 19.5 Å². The van der Waals surface area contributed by atoms with Crippen LogP contribution in [0.3, 0.4) is 0 Å². The normalized spacial score (nSPS) is 32.9. The number of aromatic hydroxyl groups is 1. The molecule has 1 saturated heterocycles. The largest absolute Gasteiger partial charge is 0.508 e. The van der Waals surface area contributed by atoms with E-state index in [9.17, 15) is 5.11 Å². The minimum absolute atomic E-state index is 0.177. The molecule has 1 aromatic carbocycles. The molecule has 0 radical (unpaired) electrons. The Hall–Kier alpha value is -1.10. The number of likely N-dealkylation sites (tertiary alicyclic amines) is 1. The fraction of sp³-hybridized carbons (Fsp3) is 0.600. The highest BCUT2D eigenvalue weighted by Gasteiger charge is 2.70. The molecule has 0 amide bonds. The topological polar surface area (TPSA) is 41.9 Å². The van der Waals surface area contributed by atoms with E-state index in [1.807, 2.05) is 12.1 Å². The van der Waals surface area contributed by atoms with Gasteiger partial charge in [-0.1, -0.05) is 12.1 Å². The minimum Gasteiger partial charge on any atom is -0.508 e. The third-order valence-electron chi connectivity index (χ3n) is 4.96. The second-order valence-corrected chi connectivity index (χ2v) is 5.78. The lowest BCUT2D eigenvalue weighted by molar-refractivity contribution is -0.314. The van der Waals surface area contributed by atoms with Crippen LogP contribution in [0.5, 0.6) is 5.75 Å². The number of hydrogen-bond donors (Lipinski definition) is 1. The summed E-state index contributed by atoms with van der Waals surface area (Å²) in [4.78, 5) is 2.31. The summed E-state index contributed by atoms with van der Waals surface area (Å²) in [6, 6.07) is 7.51. The Balaban J connectivity index is 2.11. The van der Waals surface area contributed by atoms with Crippen molar-refractivity contribution in [3.8, 4) is 5.75 Å². The van der Waals surface area contributed by atoms with Crippen molar-refractivity contribution in [1.82, 2.24) is 4.90 Å². The molecule has 1 aromatic rings. The van der Waals surface area contributed by atoms with E-state index in [1.165, 1.54) is 0 Å². The maximum Gasteiger partial charge on any atom is 0.179 e. The lowest BCUT2D eigenvalue weighted by Crippen LogP contribution is -2.68. The van der Waals surface area contributed by atoms with Crippen molar-refractivity contribution in [2.45, 2.75) is 17.6 Å². The molecular formula is C15H21NO3. The molecule has 2 fully saturated rings. The molecule has 0 spiro atoms. The van der Waals surface area contributed by atoms with E-state index < -0.39 is 5.79 Å². The third kappa shape index (κ3) is 1.51. The number of fused-ring (bicyclic) bond motifs is 1. The fourth-order valence-electron chi connectivity index (χ4n) is 4.14. The maximum absolute atomic E-state index is 9.78. The number of methoxy groups -OCH3 is 2. The molecule has 0 bridgehead atoms. The van der Waals surface area contributed by atoms with Gasteiger partial charge in [0.15, 0.2) is 5.79 Å². The van der Waals surface area contributed by atoms with E-state index >= 15 is 0 Å². The zero-order valence-corrected chi connectivity index (χ0v) is 11.7. The van der Waals surface area contributed by atoms with Crippen molar-refractivity contribution < 1.29 is 14.6 Å². The van der Waals surface area contributed by atoms with Gasteiger partial charge in [0.1, 0.15) is 5.75 Å². The Labute approximate surface area is 113 Å². The molecule has 0 unspecified atom stereocenters. The molecule has 4 heteroatoms. The molecule has 104 valence electrons. The monoisotopic (exact) mass is 263 g/mol. The van der Waals surface area contributed by atoms with Gasteiger partial charge in [-0.25, -0.2) is 0 Å². The number of rotatable bonds is 3. The Morgan fingerprint density at radius 3 is 2.63 bits per heavy atom. The average Bonchev–Trinajstić information content (AvgIpc) is 2.66. The molecule has 4 nitrogen and oxygen atoms in total. The summed E-state index contributed by atoms with van der Waals surface area (Å²) in [5.74, 6) is 0.239. The number of hydrogen-bond acceptors (Lipinski definition) is 4. The van der Waals surface area contributed by atoms with Crippen LogP contribution in [-0.4, -0.2) is 50.2 Å². The molecule has 1 saturated carbocycles. The van der Waals surface area contributed by atoms with Crippen molar-refractivity contribution >= 4 is 0 Å². The Bertz CT molecular complexity index is 486. The van der Waals surface area contributed by atoms with Gasteiger partial charge in [-0.05, 0) is 30.7 Å². The van der Waals surface area contributed by atoms with E-state index in [2.05, 4.69) is 18.0 Å². The third-order valence-corrected chi connectivity index (χ3v) is 4.96. The summed E-state index contributed by atoms with van der Waals surface area (Å²) < 4.78 is 11.5. The molecule has 1 aliphatic heterocycles. The maximum atomic E-state index is 9.78. The van der Waals surface area contributed by atoms with Crippen molar-refractivity contribution in [1.29, 1.82) is 0 Å². The van der Waals surface area contributed by atoms with Gasteiger partial charge >= 0.3 is 0 Å². The van der Waals surface area contributed by atoms with E-state index in [4.69, 9.17) is 9.47 Å². The summed E-state index contributed by atoms with van der Waals surface area (Å²) in [7, 11) is 5.55. The van der Waals surface area contributed by atoms with Crippen LogP contribution in [0.15, 0.2) is 24.3 Å². The highest BCUT2D eigenvalue weighted by molar-refractivity contribution is 5.41. The van der Waals surface area contributed by atoms with Crippen LogP contribution < -0.4 is 0 Å². The lowest BCUT2D eigenvalue weighted by Gasteiger charge is -2.59. The summed E-state index contributed by atoms with van der Waals surface area (Å²) in [5.41, 5.74) is 0.932. The van der Waals surface area contributed by atoms with Crippen LogP contribution in [0.4, 0.5) is 0 Å². The van der Waals surface area contributed by atoms with Crippen LogP contribution in [0.2, 0.25) is 0 Å².